The van der Waals surface area contributed by atoms with Gasteiger partial charge >= 0.3 is 5.97 Å². The van der Waals surface area contributed by atoms with Crippen molar-refractivity contribution < 1.29 is 24.2 Å². The number of para-hydroxylation sites is 1. The molecule has 24 heavy (non-hydrogen) atoms. The summed E-state index contributed by atoms with van der Waals surface area (Å²) in [6.07, 6.45) is -0.134. The number of thioether (sulfide) groups is 1. The molecular formula is C16H17NO5S2. The third-order valence-electron chi connectivity index (χ3n) is 3.40. The second-order valence-corrected chi connectivity index (χ2v) is 6.77. The van der Waals surface area contributed by atoms with Crippen LogP contribution >= 0.6 is 24.0 Å². The van der Waals surface area contributed by atoms with E-state index >= 15 is 0 Å². The number of carboxylic acids is 1. The Morgan fingerprint density at radius 3 is 2.71 bits per heavy atom. The molecule has 1 aromatic rings. The molecule has 1 fully saturated rings. The van der Waals surface area contributed by atoms with Crippen LogP contribution in [-0.4, -0.2) is 34.7 Å². The number of benzene rings is 1. The molecule has 1 aliphatic rings. The fraction of sp³-hybridized carbons (Fsp3) is 0.312. The smallest absolute Gasteiger partial charge is 0.373 e. The van der Waals surface area contributed by atoms with Gasteiger partial charge in [-0.3, -0.25) is 4.79 Å². The van der Waals surface area contributed by atoms with Crippen molar-refractivity contribution in [1.82, 2.24) is 5.32 Å². The minimum Gasteiger partial charge on any atom is -0.477 e. The SMILES string of the molecule is COC(Oc1ccccc1CCC(C)=C1SC(=S)NC1=O)C(=O)O. The summed E-state index contributed by atoms with van der Waals surface area (Å²) in [4.78, 5) is 23.4. The van der Waals surface area contributed by atoms with E-state index in [4.69, 9.17) is 26.8 Å². The second-order valence-electron chi connectivity index (χ2n) is 5.08. The zero-order valence-electron chi connectivity index (χ0n) is 13.2. The molecule has 8 heteroatoms. The predicted octanol–water partition coefficient (Wildman–Crippen LogP) is 2.48. The number of methoxy groups -OCH3 is 1. The van der Waals surface area contributed by atoms with Crippen LogP contribution in [0.15, 0.2) is 34.7 Å². The lowest BCUT2D eigenvalue weighted by molar-refractivity contribution is -0.166. The molecule has 0 aliphatic carbocycles. The highest BCUT2D eigenvalue weighted by atomic mass is 32.2. The summed E-state index contributed by atoms with van der Waals surface area (Å²) in [5.74, 6) is -0.918. The highest BCUT2D eigenvalue weighted by Crippen LogP contribution is 2.30. The van der Waals surface area contributed by atoms with Crippen LogP contribution in [0.5, 0.6) is 5.75 Å². The molecule has 6 nitrogen and oxygen atoms in total. The van der Waals surface area contributed by atoms with E-state index in [-0.39, 0.29) is 5.91 Å². The molecule has 128 valence electrons. The van der Waals surface area contributed by atoms with Gasteiger partial charge in [-0.2, -0.15) is 0 Å². The lowest BCUT2D eigenvalue weighted by Gasteiger charge is -2.16. The first-order valence-corrected chi connectivity index (χ1v) is 8.38. The fourth-order valence-electron chi connectivity index (χ4n) is 2.17. The number of carboxylic acid groups (broad SMARTS) is 1. The molecule has 1 saturated heterocycles. The maximum absolute atomic E-state index is 11.8. The highest BCUT2D eigenvalue weighted by Gasteiger charge is 2.24. The normalized spacial score (nSPS) is 17.4. The first kappa shape index (κ1) is 18.4. The van der Waals surface area contributed by atoms with Crippen LogP contribution in [0.3, 0.4) is 0 Å². The second kappa shape index (κ2) is 8.27. The topological polar surface area (TPSA) is 84.9 Å². The number of amides is 1. The first-order chi connectivity index (χ1) is 11.4. The summed E-state index contributed by atoms with van der Waals surface area (Å²) in [7, 11) is 1.27. The highest BCUT2D eigenvalue weighted by molar-refractivity contribution is 8.26. The molecule has 1 amide bonds. The van der Waals surface area contributed by atoms with Crippen molar-refractivity contribution in [2.45, 2.75) is 26.1 Å². The molecule has 0 bridgehead atoms. The molecule has 1 unspecified atom stereocenters. The van der Waals surface area contributed by atoms with Gasteiger partial charge in [-0.15, -0.1) is 0 Å². The largest absolute Gasteiger partial charge is 0.477 e. The number of allylic oxidation sites excluding steroid dienone is 1. The van der Waals surface area contributed by atoms with Gasteiger partial charge in [0.1, 0.15) is 10.1 Å². The van der Waals surface area contributed by atoms with Crippen molar-refractivity contribution in [3.63, 3.8) is 0 Å². The van der Waals surface area contributed by atoms with Crippen molar-refractivity contribution in [3.8, 4) is 5.75 Å². The van der Waals surface area contributed by atoms with Crippen LogP contribution in [0.25, 0.3) is 0 Å². The number of nitrogens with one attached hydrogen (secondary N) is 1. The van der Waals surface area contributed by atoms with Crippen LogP contribution in [0, 0.1) is 0 Å². The van der Waals surface area contributed by atoms with Crippen LogP contribution in [0.2, 0.25) is 0 Å². The molecule has 0 radical (unpaired) electrons. The van der Waals surface area contributed by atoms with Crippen molar-refractivity contribution in [2.75, 3.05) is 7.11 Å². The van der Waals surface area contributed by atoms with Crippen molar-refractivity contribution in [1.29, 1.82) is 0 Å². The first-order valence-electron chi connectivity index (χ1n) is 7.15. The van der Waals surface area contributed by atoms with E-state index in [9.17, 15) is 9.59 Å². The number of hydrogen-bond donors (Lipinski definition) is 2. The Labute approximate surface area is 149 Å². The van der Waals surface area contributed by atoms with E-state index in [1.807, 2.05) is 19.1 Å². The molecule has 1 heterocycles. The van der Waals surface area contributed by atoms with Gasteiger partial charge < -0.3 is 19.9 Å². The number of aliphatic carboxylic acids is 1. The number of hydrogen-bond acceptors (Lipinski definition) is 6. The monoisotopic (exact) mass is 367 g/mol. The summed E-state index contributed by atoms with van der Waals surface area (Å²) in [6, 6.07) is 7.16. The van der Waals surface area contributed by atoms with Gasteiger partial charge in [0.2, 0.25) is 0 Å². The lowest BCUT2D eigenvalue weighted by atomic mass is 10.0. The zero-order chi connectivity index (χ0) is 17.7. The number of carbonyl (C=O) groups excluding carboxylic acids is 1. The average molecular weight is 367 g/mol. The van der Waals surface area contributed by atoms with Crippen molar-refractivity contribution in [3.05, 3.63) is 40.3 Å². The number of rotatable bonds is 7. The Morgan fingerprint density at radius 1 is 1.42 bits per heavy atom. The maximum Gasteiger partial charge on any atom is 0.373 e. The van der Waals surface area contributed by atoms with E-state index in [0.717, 1.165) is 11.1 Å². The molecule has 2 rings (SSSR count). The van der Waals surface area contributed by atoms with Gasteiger partial charge in [0.15, 0.2) is 0 Å². The maximum atomic E-state index is 11.8. The molecule has 0 aromatic heterocycles. The molecule has 1 atom stereocenters. The minimum absolute atomic E-state index is 0.169. The van der Waals surface area contributed by atoms with Crippen molar-refractivity contribution in [2.24, 2.45) is 0 Å². The van der Waals surface area contributed by atoms with Gasteiger partial charge in [-0.25, -0.2) is 4.79 Å². The third-order valence-corrected chi connectivity index (χ3v) is 4.77. The predicted molar refractivity (Wildman–Crippen MR) is 94.9 cm³/mol. The molecular weight excluding hydrogens is 350 g/mol. The van der Waals surface area contributed by atoms with E-state index < -0.39 is 12.3 Å². The molecule has 1 aliphatic heterocycles. The average Bonchev–Trinajstić information content (AvgIpc) is 2.89. The Hall–Kier alpha value is -1.90. The van der Waals surface area contributed by atoms with Crippen LogP contribution < -0.4 is 10.1 Å². The number of carbonyl (C=O) groups is 2. The molecule has 2 N–H and O–H groups in total. The molecule has 1 aromatic carbocycles. The van der Waals surface area contributed by atoms with Gasteiger partial charge in [0.25, 0.3) is 12.2 Å². The van der Waals surface area contributed by atoms with Crippen molar-refractivity contribution >= 4 is 40.2 Å². The molecule has 0 spiro atoms. The van der Waals surface area contributed by atoms with Gasteiger partial charge in [0.05, 0.1) is 4.91 Å². The zero-order valence-corrected chi connectivity index (χ0v) is 14.8. The summed E-state index contributed by atoms with van der Waals surface area (Å²) in [5.41, 5.74) is 1.76. The third kappa shape index (κ3) is 4.56. The summed E-state index contributed by atoms with van der Waals surface area (Å²) < 4.78 is 10.7. The van der Waals surface area contributed by atoms with E-state index in [2.05, 4.69) is 5.32 Å². The van der Waals surface area contributed by atoms with Crippen LogP contribution in [0.1, 0.15) is 18.9 Å². The van der Waals surface area contributed by atoms with E-state index in [0.29, 0.717) is 27.8 Å². The summed E-state index contributed by atoms with van der Waals surface area (Å²) >= 11 is 6.24. The van der Waals surface area contributed by atoms with E-state index in [1.54, 1.807) is 12.1 Å². The number of aryl methyl sites for hydroxylation is 1. The quantitative estimate of drug-likeness (QED) is 0.435. The van der Waals surface area contributed by atoms with Crippen LogP contribution in [-0.2, 0) is 20.7 Å². The Kier molecular flexibility index (Phi) is 6.36. The lowest BCUT2D eigenvalue weighted by Crippen LogP contribution is -2.29. The Morgan fingerprint density at radius 2 is 2.12 bits per heavy atom. The number of ether oxygens (including phenoxy) is 2. The Balaban J connectivity index is 2.10. The fourth-order valence-corrected chi connectivity index (χ4v) is 3.26. The van der Waals surface area contributed by atoms with Gasteiger partial charge in [-0.05, 0) is 31.4 Å². The summed E-state index contributed by atoms with van der Waals surface area (Å²) in [6.45, 7) is 1.88. The molecule has 0 saturated carbocycles. The summed E-state index contributed by atoms with van der Waals surface area (Å²) in [5, 5.41) is 11.6. The van der Waals surface area contributed by atoms with Gasteiger partial charge in [-0.1, -0.05) is 47.8 Å². The number of thiocarbonyl (C=S) groups is 1. The van der Waals surface area contributed by atoms with E-state index in [1.165, 1.54) is 18.9 Å². The standard InChI is InChI=1S/C16H17NO5S2/c1-9(12-13(18)17-16(23)24-12)7-8-10-5-3-4-6-11(10)22-15(21-2)14(19)20/h3-6,15H,7-8H2,1-2H3,(H,19,20)(H,17,18,23). The Bertz CT molecular complexity index is 701. The van der Waals surface area contributed by atoms with Crippen LogP contribution in [0.4, 0.5) is 0 Å². The minimum atomic E-state index is -1.36. The van der Waals surface area contributed by atoms with Gasteiger partial charge in [0, 0.05) is 7.11 Å².